The highest BCUT2D eigenvalue weighted by Crippen LogP contribution is 2.30. The van der Waals surface area contributed by atoms with Gasteiger partial charge in [-0.05, 0) is 13.0 Å². The Morgan fingerprint density at radius 1 is 1.11 bits per heavy atom. The lowest BCUT2D eigenvalue weighted by Crippen LogP contribution is -2.04. The van der Waals surface area contributed by atoms with Crippen LogP contribution in [0.3, 0.4) is 0 Å². The molecular weight excluding hydrogens is 255 g/mol. The van der Waals surface area contributed by atoms with Crippen molar-refractivity contribution in [2.75, 3.05) is 5.73 Å². The van der Waals surface area contributed by atoms with Gasteiger partial charge in [-0.1, -0.05) is 6.92 Å². The van der Waals surface area contributed by atoms with Crippen molar-refractivity contribution in [3.8, 4) is 11.3 Å². The number of halogens is 3. The van der Waals surface area contributed by atoms with Gasteiger partial charge in [0.05, 0.1) is 0 Å². The third-order valence-corrected chi connectivity index (χ3v) is 2.98. The molecule has 0 amide bonds. The molecule has 0 bridgehead atoms. The van der Waals surface area contributed by atoms with E-state index < -0.39 is 17.5 Å². The summed E-state index contributed by atoms with van der Waals surface area (Å²) >= 11 is 0. The summed E-state index contributed by atoms with van der Waals surface area (Å²) in [6.45, 7) is 4.34. The quantitative estimate of drug-likeness (QED) is 0.870. The Kier molecular flexibility index (Phi) is 3.50. The van der Waals surface area contributed by atoms with Crippen molar-refractivity contribution in [3.05, 3.63) is 35.4 Å². The Balaban J connectivity index is 2.65. The van der Waals surface area contributed by atoms with E-state index in [1.807, 2.05) is 13.8 Å². The van der Waals surface area contributed by atoms with Gasteiger partial charge in [-0.2, -0.15) is 0 Å². The minimum atomic E-state index is -1.23. The lowest BCUT2D eigenvalue weighted by atomic mass is 10.1. The highest BCUT2D eigenvalue weighted by atomic mass is 19.2. The molecule has 3 nitrogen and oxygen atoms in total. The van der Waals surface area contributed by atoms with Crippen LogP contribution in [0.4, 0.5) is 19.0 Å². The average Bonchev–Trinajstić information content (AvgIpc) is 2.70. The van der Waals surface area contributed by atoms with Crippen molar-refractivity contribution in [2.45, 2.75) is 26.8 Å². The number of nitrogen functional groups attached to an aromatic ring is 1. The molecule has 0 atom stereocenters. The zero-order chi connectivity index (χ0) is 14.2. The van der Waals surface area contributed by atoms with Gasteiger partial charge in [0, 0.05) is 24.6 Å². The maximum Gasteiger partial charge on any atom is 0.161 e. The summed E-state index contributed by atoms with van der Waals surface area (Å²) < 4.78 is 41.6. The van der Waals surface area contributed by atoms with Crippen LogP contribution in [-0.4, -0.2) is 9.55 Å². The van der Waals surface area contributed by atoms with E-state index >= 15 is 0 Å². The number of benzene rings is 1. The molecule has 0 saturated heterocycles. The fraction of sp³-hybridized carbons (Fsp3) is 0.308. The second kappa shape index (κ2) is 4.95. The summed E-state index contributed by atoms with van der Waals surface area (Å²) in [6.07, 6.45) is 0.614. The average molecular weight is 269 g/mol. The van der Waals surface area contributed by atoms with Crippen LogP contribution in [0.15, 0.2) is 12.1 Å². The highest BCUT2D eigenvalue weighted by molar-refractivity contribution is 5.71. The number of nitrogens with zero attached hydrogens (tertiary/aromatic N) is 2. The molecule has 2 N–H and O–H groups in total. The first-order valence-electron chi connectivity index (χ1n) is 5.99. The number of hydrogen-bond donors (Lipinski definition) is 1. The van der Waals surface area contributed by atoms with Gasteiger partial charge in [0.15, 0.2) is 11.6 Å². The molecule has 0 fully saturated rings. The molecule has 2 rings (SSSR count). The summed E-state index contributed by atoms with van der Waals surface area (Å²) in [4.78, 5) is 4.21. The van der Waals surface area contributed by atoms with Gasteiger partial charge in [0.25, 0.3) is 0 Å². The van der Waals surface area contributed by atoms with Gasteiger partial charge in [-0.25, -0.2) is 18.2 Å². The van der Waals surface area contributed by atoms with Crippen molar-refractivity contribution >= 4 is 5.82 Å². The molecule has 19 heavy (non-hydrogen) atoms. The first-order chi connectivity index (χ1) is 8.99. The van der Waals surface area contributed by atoms with Crippen LogP contribution in [0, 0.1) is 17.5 Å². The van der Waals surface area contributed by atoms with Gasteiger partial charge in [0.2, 0.25) is 0 Å². The van der Waals surface area contributed by atoms with E-state index in [9.17, 15) is 13.2 Å². The predicted molar refractivity (Wildman–Crippen MR) is 67.0 cm³/mol. The molecule has 6 heteroatoms. The first kappa shape index (κ1) is 13.5. The van der Waals surface area contributed by atoms with Gasteiger partial charge in [-0.15, -0.1) is 0 Å². The van der Waals surface area contributed by atoms with Crippen LogP contribution in [0.1, 0.15) is 19.7 Å². The third kappa shape index (κ3) is 2.18. The number of hydrogen-bond acceptors (Lipinski definition) is 2. The van der Waals surface area contributed by atoms with Crippen molar-refractivity contribution in [1.29, 1.82) is 0 Å². The fourth-order valence-electron chi connectivity index (χ4n) is 2.04. The minimum Gasteiger partial charge on any atom is -0.383 e. The van der Waals surface area contributed by atoms with Crippen LogP contribution < -0.4 is 5.73 Å². The van der Waals surface area contributed by atoms with Crippen molar-refractivity contribution in [3.63, 3.8) is 0 Å². The second-order valence-corrected chi connectivity index (χ2v) is 4.11. The normalized spacial score (nSPS) is 11.0. The van der Waals surface area contributed by atoms with Crippen molar-refractivity contribution in [1.82, 2.24) is 9.55 Å². The summed E-state index contributed by atoms with van der Waals surface area (Å²) in [5, 5.41) is 0. The topological polar surface area (TPSA) is 43.8 Å². The highest BCUT2D eigenvalue weighted by Gasteiger charge is 2.19. The molecule has 0 unspecified atom stereocenters. The van der Waals surface area contributed by atoms with Gasteiger partial charge in [-0.3, -0.25) is 0 Å². The molecule has 102 valence electrons. The van der Waals surface area contributed by atoms with E-state index in [2.05, 4.69) is 4.98 Å². The number of imidazole rings is 1. The molecule has 0 aliphatic carbocycles. The monoisotopic (exact) mass is 269 g/mol. The molecule has 1 heterocycles. The molecule has 0 spiro atoms. The first-order valence-corrected chi connectivity index (χ1v) is 5.99. The lowest BCUT2D eigenvalue weighted by Gasteiger charge is -2.05. The number of anilines is 1. The maximum absolute atomic E-state index is 13.7. The van der Waals surface area contributed by atoms with Crippen molar-refractivity contribution < 1.29 is 13.2 Å². The predicted octanol–water partition coefficient (Wildman–Crippen LogP) is 3.13. The van der Waals surface area contributed by atoms with E-state index in [1.165, 1.54) is 0 Å². The van der Waals surface area contributed by atoms with E-state index in [1.54, 1.807) is 4.57 Å². The molecule has 0 aliphatic heterocycles. The van der Waals surface area contributed by atoms with Crippen LogP contribution in [0.5, 0.6) is 0 Å². The van der Waals surface area contributed by atoms with Crippen molar-refractivity contribution in [2.24, 2.45) is 0 Å². The summed E-state index contributed by atoms with van der Waals surface area (Å²) in [7, 11) is 0. The summed E-state index contributed by atoms with van der Waals surface area (Å²) in [6, 6.07) is 1.28. The molecule has 2 aromatic rings. The largest absolute Gasteiger partial charge is 0.383 e. The Morgan fingerprint density at radius 2 is 1.74 bits per heavy atom. The lowest BCUT2D eigenvalue weighted by molar-refractivity contribution is 0.496. The molecule has 0 saturated carbocycles. The smallest absolute Gasteiger partial charge is 0.161 e. The molecular formula is C13H14F3N3. The van der Waals surface area contributed by atoms with Crippen LogP contribution >= 0.6 is 0 Å². The summed E-state index contributed by atoms with van der Waals surface area (Å²) in [5.41, 5.74) is 5.92. The van der Waals surface area contributed by atoms with Crippen LogP contribution in [0.25, 0.3) is 11.3 Å². The van der Waals surface area contributed by atoms with Gasteiger partial charge in [0.1, 0.15) is 23.2 Å². The molecule has 0 aliphatic rings. The SMILES string of the molecule is CCc1nc(-c2cc(F)c(F)cc2F)c(N)n1CC. The van der Waals surface area contributed by atoms with Gasteiger partial charge < -0.3 is 10.3 Å². The summed E-state index contributed by atoms with van der Waals surface area (Å²) in [5.74, 6) is -2.30. The zero-order valence-corrected chi connectivity index (χ0v) is 10.7. The number of rotatable bonds is 3. The minimum absolute atomic E-state index is 0.127. The standard InChI is InChI=1S/C13H14F3N3/c1-3-11-18-12(13(17)19(11)4-2)7-5-9(15)10(16)6-8(7)14/h5-6H,3-4,17H2,1-2H3. The van der Waals surface area contributed by atoms with E-state index in [-0.39, 0.29) is 17.1 Å². The van der Waals surface area contributed by atoms with E-state index in [0.717, 1.165) is 6.07 Å². The van der Waals surface area contributed by atoms with E-state index in [4.69, 9.17) is 5.73 Å². The second-order valence-electron chi connectivity index (χ2n) is 4.11. The number of aromatic nitrogens is 2. The Morgan fingerprint density at radius 3 is 2.26 bits per heavy atom. The van der Waals surface area contributed by atoms with Crippen LogP contribution in [-0.2, 0) is 13.0 Å². The van der Waals surface area contributed by atoms with E-state index in [0.29, 0.717) is 24.9 Å². The Bertz CT molecular complexity index is 620. The molecule has 1 aromatic carbocycles. The molecule has 0 radical (unpaired) electrons. The van der Waals surface area contributed by atoms with Crippen LogP contribution in [0.2, 0.25) is 0 Å². The molecule has 1 aromatic heterocycles. The Hall–Kier alpha value is -1.98. The zero-order valence-electron chi connectivity index (χ0n) is 10.7. The number of nitrogens with two attached hydrogens (primary N) is 1. The van der Waals surface area contributed by atoms with Gasteiger partial charge >= 0.3 is 0 Å². The third-order valence-electron chi connectivity index (χ3n) is 2.98. The number of aryl methyl sites for hydroxylation is 1. The fourth-order valence-corrected chi connectivity index (χ4v) is 2.04. The maximum atomic E-state index is 13.7. The Labute approximate surface area is 108 Å².